The van der Waals surface area contributed by atoms with Gasteiger partial charge in [-0.1, -0.05) is 30.3 Å². The second kappa shape index (κ2) is 7.53. The first-order chi connectivity index (χ1) is 13.9. The predicted molar refractivity (Wildman–Crippen MR) is 99.6 cm³/mol. The Labute approximate surface area is 165 Å². The zero-order valence-electron chi connectivity index (χ0n) is 15.1. The normalized spacial score (nSPS) is 17.4. The number of nitrogens with one attached hydrogen (secondary N) is 1. The minimum absolute atomic E-state index is 0.0235. The highest BCUT2D eigenvalue weighted by molar-refractivity contribution is 7.89. The first kappa shape index (κ1) is 19.5. The van der Waals surface area contributed by atoms with E-state index >= 15 is 0 Å². The molecule has 0 unspecified atom stereocenters. The number of ether oxygens (including phenoxy) is 1. The summed E-state index contributed by atoms with van der Waals surface area (Å²) in [6, 6.07) is 10.1. The second-order valence-electron chi connectivity index (χ2n) is 6.67. The summed E-state index contributed by atoms with van der Waals surface area (Å²) in [4.78, 5) is 12.1. The number of sulfonamides is 1. The molecule has 1 atom stereocenters. The summed E-state index contributed by atoms with van der Waals surface area (Å²) in [5.74, 6) is -0.672. The third-order valence-corrected chi connectivity index (χ3v) is 6.77. The van der Waals surface area contributed by atoms with E-state index in [0.29, 0.717) is 6.42 Å². The zero-order valence-corrected chi connectivity index (χ0v) is 15.9. The van der Waals surface area contributed by atoms with Crippen molar-refractivity contribution in [3.05, 3.63) is 59.8 Å². The van der Waals surface area contributed by atoms with Crippen molar-refractivity contribution in [3.63, 3.8) is 0 Å². The third-order valence-electron chi connectivity index (χ3n) is 4.84. The highest BCUT2D eigenvalue weighted by Crippen LogP contribution is 2.34. The molecule has 10 heteroatoms. The Balaban J connectivity index is 1.58. The van der Waals surface area contributed by atoms with Crippen LogP contribution in [0.1, 0.15) is 24.0 Å². The van der Waals surface area contributed by atoms with Crippen LogP contribution >= 0.6 is 0 Å². The molecule has 0 saturated carbocycles. The van der Waals surface area contributed by atoms with E-state index in [1.54, 1.807) is 24.3 Å². The molecule has 3 aromatic rings. The number of rotatable bonds is 6. The van der Waals surface area contributed by atoms with Gasteiger partial charge in [0, 0.05) is 17.5 Å². The Morgan fingerprint density at radius 2 is 2.03 bits per heavy atom. The molecule has 1 N–H and O–H groups in total. The molecule has 0 radical (unpaired) electrons. The van der Waals surface area contributed by atoms with Gasteiger partial charge in [0.05, 0.1) is 11.7 Å². The first-order valence-corrected chi connectivity index (χ1v) is 10.3. The Hall–Kier alpha value is -2.85. The number of halogens is 2. The number of carbonyl (C=O) groups is 1. The fraction of sp³-hybridized carbons (Fsp3) is 0.263. The van der Waals surface area contributed by atoms with Crippen molar-refractivity contribution in [2.24, 2.45) is 0 Å². The summed E-state index contributed by atoms with van der Waals surface area (Å²) in [7, 11) is -4.20. The molecule has 4 rings (SSSR count). The van der Waals surface area contributed by atoms with Gasteiger partial charge in [-0.25, -0.2) is 17.2 Å². The lowest BCUT2D eigenvalue weighted by Gasteiger charge is -2.37. The molecule has 1 aliphatic heterocycles. The van der Waals surface area contributed by atoms with Gasteiger partial charge in [0.25, 0.3) is 6.43 Å². The summed E-state index contributed by atoms with van der Waals surface area (Å²) in [5, 5.41) is 6.54. The van der Waals surface area contributed by atoms with Crippen LogP contribution in [0, 0.1) is 0 Å². The number of nitrogens with zero attached hydrogens (tertiary/aromatic N) is 2. The number of fused-ring (bicyclic) bond motifs is 1. The topological polar surface area (TPSA) is 92.4 Å². The van der Waals surface area contributed by atoms with Gasteiger partial charge >= 0.3 is 5.97 Å². The van der Waals surface area contributed by atoms with E-state index in [1.165, 1.54) is 12.3 Å². The quantitative estimate of drug-likeness (QED) is 0.618. The van der Waals surface area contributed by atoms with Gasteiger partial charge < -0.3 is 4.74 Å². The summed E-state index contributed by atoms with van der Waals surface area (Å²) in [5.41, 5.74) is 0.470. The van der Waals surface area contributed by atoms with Crippen LogP contribution in [0.5, 0.6) is 0 Å². The fourth-order valence-electron chi connectivity index (χ4n) is 3.21. The van der Waals surface area contributed by atoms with Crippen molar-refractivity contribution in [3.8, 4) is 0 Å². The average molecular weight is 421 g/mol. The van der Waals surface area contributed by atoms with Crippen molar-refractivity contribution in [2.45, 2.75) is 30.4 Å². The predicted octanol–water partition coefficient (Wildman–Crippen LogP) is 3.01. The Morgan fingerprint density at radius 3 is 2.69 bits per heavy atom. The molecule has 0 amide bonds. The Morgan fingerprint density at radius 1 is 1.28 bits per heavy atom. The van der Waals surface area contributed by atoms with Crippen LogP contribution in [0.15, 0.2) is 53.6 Å². The average Bonchev–Trinajstić information content (AvgIpc) is 3.13. The number of H-pyrrole nitrogens is 1. The van der Waals surface area contributed by atoms with Gasteiger partial charge in [-0.2, -0.15) is 9.40 Å². The van der Waals surface area contributed by atoms with Gasteiger partial charge in [0.15, 0.2) is 0 Å². The van der Waals surface area contributed by atoms with Gasteiger partial charge in [-0.3, -0.25) is 9.89 Å². The van der Waals surface area contributed by atoms with Crippen molar-refractivity contribution < 1.29 is 26.7 Å². The molecule has 152 valence electrons. The molecular formula is C19H17F2N3O4S. The monoisotopic (exact) mass is 421 g/mol. The standard InChI is InChI=1S/C19H17F2N3O4S/c20-18(21)13-8-14-10-22-23-17(14)16(9-13)29(26,27)24-7-6-15(24)19(25)28-11-12-4-2-1-3-5-12/h1-5,8-10,15,18H,6-7,11H2,(H,22,23)/t15-/m0/s1. The lowest BCUT2D eigenvalue weighted by molar-refractivity contribution is -0.152. The van der Waals surface area contributed by atoms with E-state index < -0.39 is 34.0 Å². The lowest BCUT2D eigenvalue weighted by Crippen LogP contribution is -2.55. The molecule has 7 nitrogen and oxygen atoms in total. The number of hydrogen-bond donors (Lipinski definition) is 1. The number of esters is 1. The van der Waals surface area contributed by atoms with E-state index in [1.807, 2.05) is 6.07 Å². The fourth-order valence-corrected chi connectivity index (χ4v) is 5.05. The molecular weight excluding hydrogens is 404 g/mol. The van der Waals surface area contributed by atoms with Crippen LogP contribution in [-0.2, 0) is 26.2 Å². The molecule has 0 aliphatic carbocycles. The van der Waals surface area contributed by atoms with Gasteiger partial charge in [0.2, 0.25) is 10.0 Å². The summed E-state index contributed by atoms with van der Waals surface area (Å²) in [6.45, 7) is 0.123. The summed E-state index contributed by atoms with van der Waals surface area (Å²) < 4.78 is 58.9. The number of aromatic nitrogens is 2. The molecule has 1 saturated heterocycles. The van der Waals surface area contributed by atoms with Crippen LogP contribution in [0.25, 0.3) is 10.9 Å². The minimum atomic E-state index is -4.20. The van der Waals surface area contributed by atoms with Crippen molar-refractivity contribution in [2.75, 3.05) is 6.54 Å². The SMILES string of the molecule is O=C(OCc1ccccc1)[C@@H]1CCN1S(=O)(=O)c1cc(C(F)F)cc2cn[nH]c12. The van der Waals surface area contributed by atoms with Crippen LogP contribution in [-0.4, -0.2) is 41.5 Å². The molecule has 29 heavy (non-hydrogen) atoms. The Bertz CT molecular complexity index is 1150. The maximum Gasteiger partial charge on any atom is 0.324 e. The van der Waals surface area contributed by atoms with Crippen molar-refractivity contribution in [1.29, 1.82) is 0 Å². The molecule has 2 aromatic carbocycles. The number of aromatic amines is 1. The molecule has 2 heterocycles. The van der Waals surface area contributed by atoms with E-state index in [0.717, 1.165) is 15.9 Å². The lowest BCUT2D eigenvalue weighted by atomic mass is 10.1. The van der Waals surface area contributed by atoms with Crippen LogP contribution < -0.4 is 0 Å². The highest BCUT2D eigenvalue weighted by Gasteiger charge is 2.44. The van der Waals surface area contributed by atoms with E-state index in [-0.39, 0.29) is 29.0 Å². The van der Waals surface area contributed by atoms with Gasteiger partial charge in [-0.15, -0.1) is 0 Å². The summed E-state index contributed by atoms with van der Waals surface area (Å²) >= 11 is 0. The second-order valence-corrected chi connectivity index (χ2v) is 8.53. The maximum absolute atomic E-state index is 13.2. The molecule has 0 bridgehead atoms. The number of benzene rings is 2. The van der Waals surface area contributed by atoms with Gasteiger partial charge in [0.1, 0.15) is 17.5 Å². The van der Waals surface area contributed by atoms with Crippen molar-refractivity contribution in [1.82, 2.24) is 14.5 Å². The third kappa shape index (κ3) is 3.60. The molecule has 1 aromatic heterocycles. The van der Waals surface area contributed by atoms with Gasteiger partial charge in [-0.05, 0) is 24.1 Å². The Kier molecular flexibility index (Phi) is 5.05. The number of hydrogen-bond acceptors (Lipinski definition) is 5. The van der Waals surface area contributed by atoms with Crippen LogP contribution in [0.4, 0.5) is 8.78 Å². The number of alkyl halides is 2. The largest absolute Gasteiger partial charge is 0.460 e. The van der Waals surface area contributed by atoms with Crippen LogP contribution in [0.2, 0.25) is 0 Å². The maximum atomic E-state index is 13.2. The van der Waals surface area contributed by atoms with Crippen molar-refractivity contribution >= 4 is 26.9 Å². The first-order valence-electron chi connectivity index (χ1n) is 8.85. The van der Waals surface area contributed by atoms with E-state index in [4.69, 9.17) is 4.74 Å². The number of carbonyl (C=O) groups excluding carboxylic acids is 1. The smallest absolute Gasteiger partial charge is 0.324 e. The summed E-state index contributed by atoms with van der Waals surface area (Å²) in [6.07, 6.45) is -1.26. The molecule has 1 fully saturated rings. The molecule has 1 aliphatic rings. The zero-order chi connectivity index (χ0) is 20.6. The minimum Gasteiger partial charge on any atom is -0.460 e. The highest BCUT2D eigenvalue weighted by atomic mass is 32.2. The molecule has 0 spiro atoms. The van der Waals surface area contributed by atoms with Crippen LogP contribution in [0.3, 0.4) is 0 Å². The van der Waals surface area contributed by atoms with E-state index in [9.17, 15) is 22.0 Å². The van der Waals surface area contributed by atoms with E-state index in [2.05, 4.69) is 10.2 Å².